The number of hydrogen-bond acceptors (Lipinski definition) is 5. The van der Waals surface area contributed by atoms with Crippen molar-refractivity contribution in [1.82, 2.24) is 9.80 Å². The van der Waals surface area contributed by atoms with Gasteiger partial charge in [-0.25, -0.2) is 4.39 Å². The number of carbonyl (C=O) groups is 2. The molecule has 2 aliphatic rings. The van der Waals surface area contributed by atoms with Crippen LogP contribution in [-0.4, -0.2) is 55.9 Å². The molecular formula is C18H18BrFN4O3. The fourth-order valence-corrected chi connectivity index (χ4v) is 2.81. The Morgan fingerprint density at radius 2 is 1.81 bits per heavy atom. The number of benzene rings is 1. The van der Waals surface area contributed by atoms with Crippen LogP contribution >= 0.6 is 15.9 Å². The molecule has 0 bridgehead atoms. The van der Waals surface area contributed by atoms with Gasteiger partial charge in [0.05, 0.1) is 35.9 Å². The number of nitrogens with one attached hydrogen (secondary N) is 1. The van der Waals surface area contributed by atoms with Crippen molar-refractivity contribution in [2.45, 2.75) is 0 Å². The summed E-state index contributed by atoms with van der Waals surface area (Å²) in [5, 5.41) is 11.9. The molecule has 0 saturated carbocycles. The van der Waals surface area contributed by atoms with Gasteiger partial charge in [0, 0.05) is 31.9 Å². The van der Waals surface area contributed by atoms with Gasteiger partial charge in [0.2, 0.25) is 11.8 Å². The summed E-state index contributed by atoms with van der Waals surface area (Å²) in [4.78, 5) is 25.2. The number of nitrogens with zero attached hydrogens (tertiary/aromatic N) is 3. The van der Waals surface area contributed by atoms with Crippen molar-refractivity contribution in [2.75, 3.05) is 39.6 Å². The normalized spacial score (nSPS) is 15.7. The van der Waals surface area contributed by atoms with Gasteiger partial charge in [-0.1, -0.05) is 0 Å². The van der Waals surface area contributed by atoms with Gasteiger partial charge in [-0.05, 0) is 28.1 Å². The summed E-state index contributed by atoms with van der Waals surface area (Å²) >= 11 is 3.09. The second kappa shape index (κ2) is 8.68. The number of likely N-dealkylation sites (N-methyl/N-ethyl adjacent to an activating group) is 2. The molecule has 1 N–H and O–H groups in total. The molecule has 27 heavy (non-hydrogen) atoms. The Hall–Kier alpha value is -2.86. The van der Waals surface area contributed by atoms with Crippen molar-refractivity contribution < 1.29 is 18.7 Å². The Labute approximate surface area is 164 Å². The minimum absolute atomic E-state index is 0.0202. The fourth-order valence-electron chi connectivity index (χ4n) is 2.37. The van der Waals surface area contributed by atoms with Gasteiger partial charge in [-0.15, -0.1) is 0 Å². The lowest BCUT2D eigenvalue weighted by Gasteiger charge is -2.13. The number of methoxy groups -OCH3 is 1. The van der Waals surface area contributed by atoms with E-state index in [1.807, 2.05) is 6.07 Å². The molecule has 0 unspecified atom stereocenters. The Balaban J connectivity index is 0.000000244. The molecule has 7 nitrogen and oxygen atoms in total. The lowest BCUT2D eigenvalue weighted by atomic mass is 10.2. The zero-order valence-electron chi connectivity index (χ0n) is 15.0. The molecule has 0 spiro atoms. The molecular weight excluding hydrogens is 419 g/mol. The van der Waals surface area contributed by atoms with E-state index in [0.717, 1.165) is 5.76 Å². The maximum atomic E-state index is 13.4. The molecule has 1 aromatic rings. The first kappa shape index (κ1) is 20.5. The van der Waals surface area contributed by atoms with Crippen LogP contribution in [0.5, 0.6) is 0 Å². The Morgan fingerprint density at radius 1 is 1.19 bits per heavy atom. The highest BCUT2D eigenvalue weighted by Gasteiger charge is 2.20. The van der Waals surface area contributed by atoms with E-state index in [9.17, 15) is 14.0 Å². The molecule has 1 aromatic carbocycles. The van der Waals surface area contributed by atoms with E-state index in [1.165, 1.54) is 29.2 Å². The number of hydrogen-bond donors (Lipinski definition) is 1. The van der Waals surface area contributed by atoms with Gasteiger partial charge < -0.3 is 19.9 Å². The quantitative estimate of drug-likeness (QED) is 0.784. The third-order valence-electron chi connectivity index (χ3n) is 3.90. The zero-order valence-corrected chi connectivity index (χ0v) is 16.6. The van der Waals surface area contributed by atoms with Gasteiger partial charge in [-0.3, -0.25) is 9.59 Å². The lowest BCUT2D eigenvalue weighted by molar-refractivity contribution is -0.124. The number of rotatable bonds is 3. The predicted molar refractivity (Wildman–Crippen MR) is 101 cm³/mol. The number of amides is 2. The highest BCUT2D eigenvalue weighted by Crippen LogP contribution is 2.30. The molecule has 0 aromatic heterocycles. The monoisotopic (exact) mass is 436 g/mol. The topological polar surface area (TPSA) is 85.7 Å². The van der Waals surface area contributed by atoms with Crippen LogP contribution in [0.3, 0.4) is 0 Å². The summed E-state index contributed by atoms with van der Waals surface area (Å²) in [5.74, 6) is 0.174. The number of carbonyl (C=O) groups excluding carboxylic acids is 2. The Morgan fingerprint density at radius 3 is 2.26 bits per heavy atom. The van der Waals surface area contributed by atoms with Crippen molar-refractivity contribution in [1.29, 1.82) is 5.26 Å². The van der Waals surface area contributed by atoms with Crippen LogP contribution in [0.15, 0.2) is 40.2 Å². The van der Waals surface area contributed by atoms with E-state index >= 15 is 0 Å². The van der Waals surface area contributed by atoms with E-state index in [0.29, 0.717) is 30.0 Å². The number of halogens is 2. The first-order valence-corrected chi connectivity index (χ1v) is 8.66. The summed E-state index contributed by atoms with van der Waals surface area (Å²) in [6.45, 7) is 1.02. The maximum Gasteiger partial charge on any atom is 0.250 e. The standard InChI is InChI=1S/C12H9BrFN3O.C6H9NO2/c1-17-6-8(4-10(17)18)16-12-7(5-15)2-3-9(14)11(12)13;1-7-4-5(9-2)3-6(7)8/h2-4,16H,6H2,1H3;3H,4H2,1-2H3. The van der Waals surface area contributed by atoms with Crippen LogP contribution in [0, 0.1) is 17.1 Å². The van der Waals surface area contributed by atoms with Crippen molar-refractivity contribution >= 4 is 33.4 Å². The molecule has 0 saturated heterocycles. The first-order chi connectivity index (χ1) is 12.8. The number of ether oxygens (including phenoxy) is 1. The summed E-state index contributed by atoms with van der Waals surface area (Å²) in [6.07, 6.45) is 2.93. The molecule has 0 aliphatic carbocycles. The average molecular weight is 437 g/mol. The van der Waals surface area contributed by atoms with Crippen molar-refractivity contribution in [2.24, 2.45) is 0 Å². The average Bonchev–Trinajstić information content (AvgIpc) is 3.14. The molecule has 2 amide bonds. The van der Waals surface area contributed by atoms with Crippen LogP contribution in [0.2, 0.25) is 0 Å². The number of nitriles is 1. The second-order valence-electron chi connectivity index (χ2n) is 5.89. The minimum atomic E-state index is -0.463. The smallest absolute Gasteiger partial charge is 0.250 e. The van der Waals surface area contributed by atoms with Crippen LogP contribution < -0.4 is 5.32 Å². The molecule has 0 fully saturated rings. The molecule has 0 atom stereocenters. The molecule has 0 radical (unpaired) electrons. The first-order valence-electron chi connectivity index (χ1n) is 7.87. The van der Waals surface area contributed by atoms with E-state index < -0.39 is 5.82 Å². The SMILES string of the molecule is CN1CC(Nc2c(C#N)ccc(F)c2Br)=CC1=O.COC1=CC(=O)N(C)C1. The third kappa shape index (κ3) is 4.86. The molecule has 9 heteroatoms. The van der Waals surface area contributed by atoms with Crippen molar-refractivity contribution in [3.05, 3.63) is 51.6 Å². The van der Waals surface area contributed by atoms with E-state index in [-0.39, 0.29) is 16.3 Å². The number of anilines is 1. The van der Waals surface area contributed by atoms with Crippen LogP contribution in [0.4, 0.5) is 10.1 Å². The van der Waals surface area contributed by atoms with Crippen LogP contribution in [0.1, 0.15) is 5.56 Å². The summed E-state index contributed by atoms with van der Waals surface area (Å²) < 4.78 is 18.5. The van der Waals surface area contributed by atoms with Crippen LogP contribution in [-0.2, 0) is 14.3 Å². The van der Waals surface area contributed by atoms with Crippen molar-refractivity contribution in [3.8, 4) is 6.07 Å². The van der Waals surface area contributed by atoms with Gasteiger partial charge >= 0.3 is 0 Å². The molecule has 142 valence electrons. The maximum absolute atomic E-state index is 13.4. The van der Waals surface area contributed by atoms with Gasteiger partial charge in [-0.2, -0.15) is 5.26 Å². The van der Waals surface area contributed by atoms with E-state index in [2.05, 4.69) is 21.2 Å². The Kier molecular flexibility index (Phi) is 6.58. The van der Waals surface area contributed by atoms with Gasteiger partial charge in [0.1, 0.15) is 17.6 Å². The van der Waals surface area contributed by atoms with E-state index in [1.54, 1.807) is 26.1 Å². The molecule has 3 rings (SSSR count). The van der Waals surface area contributed by atoms with Crippen LogP contribution in [0.25, 0.3) is 0 Å². The molecule has 2 heterocycles. The summed E-state index contributed by atoms with van der Waals surface area (Å²) in [7, 11) is 4.97. The third-order valence-corrected chi connectivity index (χ3v) is 4.67. The highest BCUT2D eigenvalue weighted by atomic mass is 79.9. The van der Waals surface area contributed by atoms with Gasteiger partial charge in [0.15, 0.2) is 0 Å². The van der Waals surface area contributed by atoms with E-state index in [4.69, 9.17) is 10.00 Å². The fraction of sp³-hybridized carbons (Fsp3) is 0.278. The largest absolute Gasteiger partial charge is 0.499 e. The minimum Gasteiger partial charge on any atom is -0.499 e. The Bertz CT molecular complexity index is 876. The lowest BCUT2D eigenvalue weighted by Crippen LogP contribution is -2.21. The predicted octanol–water partition coefficient (Wildman–Crippen LogP) is 2.22. The summed E-state index contributed by atoms with van der Waals surface area (Å²) in [5.41, 5.74) is 1.28. The zero-order chi connectivity index (χ0) is 20.1. The second-order valence-corrected chi connectivity index (χ2v) is 6.69. The molecule has 2 aliphatic heterocycles. The van der Waals surface area contributed by atoms with Crippen molar-refractivity contribution in [3.63, 3.8) is 0 Å². The highest BCUT2D eigenvalue weighted by molar-refractivity contribution is 9.10. The summed E-state index contributed by atoms with van der Waals surface area (Å²) in [6, 6.07) is 4.58. The van der Waals surface area contributed by atoms with Gasteiger partial charge in [0.25, 0.3) is 0 Å².